The van der Waals surface area contributed by atoms with Crippen LogP contribution >= 0.6 is 34.7 Å². The van der Waals surface area contributed by atoms with Gasteiger partial charge in [0.25, 0.3) is 0 Å². The number of rotatable bonds is 4. The van der Waals surface area contributed by atoms with Crippen LogP contribution in [0.2, 0.25) is 5.02 Å². The molecule has 0 aliphatic carbocycles. The third-order valence-corrected chi connectivity index (χ3v) is 6.26. The number of hydrogen-bond donors (Lipinski definition) is 0. The van der Waals surface area contributed by atoms with Crippen LogP contribution in [-0.2, 0) is 22.6 Å². The zero-order valence-electron chi connectivity index (χ0n) is 14.0. The Morgan fingerprint density at radius 3 is 2.81 bits per heavy atom. The number of carbonyl (C=O) groups excluding carboxylic acids is 1. The van der Waals surface area contributed by atoms with Crippen LogP contribution in [-0.4, -0.2) is 28.2 Å². The quantitative estimate of drug-likeness (QED) is 0.566. The van der Waals surface area contributed by atoms with Crippen molar-refractivity contribution in [1.82, 2.24) is 9.36 Å². The zero-order chi connectivity index (χ0) is 18.7. The van der Waals surface area contributed by atoms with E-state index in [1.807, 2.05) is 4.68 Å². The summed E-state index contributed by atoms with van der Waals surface area (Å²) in [6.45, 7) is 1.32. The molecule has 0 bridgehead atoms. The monoisotopic (exact) mass is 417 g/mol. The zero-order valence-corrected chi connectivity index (χ0v) is 16.4. The van der Waals surface area contributed by atoms with Gasteiger partial charge >= 0.3 is 10.8 Å². The van der Waals surface area contributed by atoms with Gasteiger partial charge in [-0.25, -0.2) is 14.1 Å². The molecule has 0 radical (unpaired) electrons. The van der Waals surface area contributed by atoms with E-state index in [0.29, 0.717) is 22.8 Å². The summed E-state index contributed by atoms with van der Waals surface area (Å²) in [7, 11) is 1.30. The molecule has 0 N–H and O–H groups in total. The summed E-state index contributed by atoms with van der Waals surface area (Å²) in [5.74, 6) is -0.919. The van der Waals surface area contributed by atoms with Gasteiger partial charge in [-0.3, -0.25) is 14.3 Å². The maximum Gasteiger partial charge on any atom is 0.325 e. The summed E-state index contributed by atoms with van der Waals surface area (Å²) in [5, 5.41) is 0.201. The Balaban J connectivity index is 2.01. The van der Waals surface area contributed by atoms with E-state index < -0.39 is 11.8 Å². The van der Waals surface area contributed by atoms with Crippen LogP contribution in [0.5, 0.6) is 0 Å². The Hall–Kier alpha value is -1.58. The Kier molecular flexibility index (Phi) is 6.20. The summed E-state index contributed by atoms with van der Waals surface area (Å²) in [6, 6.07) is 2.66. The number of benzene rings is 1. The highest BCUT2D eigenvalue weighted by Crippen LogP contribution is 2.33. The second kappa shape index (κ2) is 8.41. The second-order valence-corrected chi connectivity index (χ2v) is 8.01. The van der Waals surface area contributed by atoms with Gasteiger partial charge in [-0.15, -0.1) is 11.8 Å². The van der Waals surface area contributed by atoms with Gasteiger partial charge in [0.05, 0.1) is 17.9 Å². The van der Waals surface area contributed by atoms with Crippen LogP contribution < -0.4 is 9.67 Å². The minimum Gasteiger partial charge on any atom is -0.468 e. The molecule has 1 aliphatic heterocycles. The third kappa shape index (κ3) is 4.21. The molecule has 2 aromatic rings. The van der Waals surface area contributed by atoms with Gasteiger partial charge in [0.15, 0.2) is 0 Å². The van der Waals surface area contributed by atoms with Crippen molar-refractivity contribution in [3.63, 3.8) is 0 Å². The van der Waals surface area contributed by atoms with Gasteiger partial charge in [0.1, 0.15) is 11.5 Å². The lowest BCUT2D eigenvalue weighted by Gasteiger charge is -2.07. The topological polar surface area (TPSA) is 65.6 Å². The molecule has 2 heterocycles. The van der Waals surface area contributed by atoms with Crippen LogP contribution in [0.15, 0.2) is 26.8 Å². The van der Waals surface area contributed by atoms with E-state index in [9.17, 15) is 14.0 Å². The van der Waals surface area contributed by atoms with Crippen LogP contribution in [0.4, 0.5) is 10.1 Å². The van der Waals surface area contributed by atoms with Gasteiger partial charge in [-0.1, -0.05) is 11.6 Å². The molecule has 26 heavy (non-hydrogen) atoms. The first-order valence-electron chi connectivity index (χ1n) is 8.03. The standard InChI is InChI=1S/C16H17ClFN3O3S2/c1-24-14(22)9-25-13-8-12(11(18)7-10(13)17)19-15-20-5-3-2-4-6-21(20)16(23)26-15/h7-8H,2-6,9H2,1H3. The van der Waals surface area contributed by atoms with Gasteiger partial charge in [-0.2, -0.15) is 0 Å². The molecule has 6 nitrogen and oxygen atoms in total. The molecule has 0 fully saturated rings. The van der Waals surface area contributed by atoms with Crippen molar-refractivity contribution < 1.29 is 13.9 Å². The predicted octanol–water partition coefficient (Wildman–Crippen LogP) is 3.19. The van der Waals surface area contributed by atoms with Crippen molar-refractivity contribution >= 4 is 46.4 Å². The van der Waals surface area contributed by atoms with Crippen molar-refractivity contribution in [2.45, 2.75) is 37.2 Å². The molecule has 1 aromatic heterocycles. The van der Waals surface area contributed by atoms with Crippen molar-refractivity contribution in [2.75, 3.05) is 12.9 Å². The average molecular weight is 418 g/mol. The highest BCUT2D eigenvalue weighted by atomic mass is 35.5. The maximum absolute atomic E-state index is 14.3. The third-order valence-electron chi connectivity index (χ3n) is 3.93. The highest BCUT2D eigenvalue weighted by molar-refractivity contribution is 8.00. The summed E-state index contributed by atoms with van der Waals surface area (Å²) >= 11 is 8.21. The number of aromatic nitrogens is 2. The highest BCUT2D eigenvalue weighted by Gasteiger charge is 2.14. The largest absolute Gasteiger partial charge is 0.468 e. The number of fused-ring (bicyclic) bond motifs is 1. The van der Waals surface area contributed by atoms with Crippen LogP contribution in [0, 0.1) is 5.82 Å². The molecule has 3 rings (SSSR count). The minimum atomic E-state index is -0.578. The van der Waals surface area contributed by atoms with Crippen molar-refractivity contribution in [3.05, 3.63) is 37.4 Å². The Bertz CT molecular complexity index is 951. The fraction of sp³-hybridized carbons (Fsp3) is 0.438. The number of thioether (sulfide) groups is 1. The van der Waals surface area contributed by atoms with E-state index in [1.165, 1.54) is 19.2 Å². The van der Waals surface area contributed by atoms with Gasteiger partial charge in [-0.05, 0) is 42.7 Å². The molecule has 0 amide bonds. The number of methoxy groups -OCH3 is 1. The number of hydrogen-bond acceptors (Lipinski definition) is 6. The van der Waals surface area contributed by atoms with Gasteiger partial charge in [0, 0.05) is 18.0 Å². The van der Waals surface area contributed by atoms with E-state index in [1.54, 1.807) is 4.68 Å². The molecule has 10 heteroatoms. The number of carbonyl (C=O) groups is 1. The summed E-state index contributed by atoms with van der Waals surface area (Å²) in [4.78, 5) is 28.7. The normalized spacial score (nSPS) is 14.8. The molecular formula is C16H17ClFN3O3S2. The first-order chi connectivity index (χ1) is 12.5. The molecular weight excluding hydrogens is 401 g/mol. The van der Waals surface area contributed by atoms with E-state index >= 15 is 0 Å². The predicted molar refractivity (Wildman–Crippen MR) is 99.8 cm³/mol. The molecule has 0 saturated heterocycles. The van der Waals surface area contributed by atoms with Gasteiger partial charge in [0.2, 0.25) is 4.80 Å². The fourth-order valence-corrected chi connectivity index (χ4v) is 4.60. The Morgan fingerprint density at radius 1 is 1.35 bits per heavy atom. The Morgan fingerprint density at radius 2 is 2.08 bits per heavy atom. The second-order valence-electron chi connectivity index (χ2n) is 5.67. The molecule has 0 atom stereocenters. The van der Waals surface area contributed by atoms with E-state index in [4.69, 9.17) is 11.6 Å². The maximum atomic E-state index is 14.3. The summed E-state index contributed by atoms with van der Waals surface area (Å²) in [5.41, 5.74) is 0.0863. The summed E-state index contributed by atoms with van der Waals surface area (Å²) in [6.07, 6.45) is 2.94. The van der Waals surface area contributed by atoms with E-state index in [0.717, 1.165) is 42.4 Å². The lowest BCUT2D eigenvalue weighted by molar-refractivity contribution is -0.137. The van der Waals surface area contributed by atoms with E-state index in [-0.39, 0.29) is 21.3 Å². The van der Waals surface area contributed by atoms with Crippen molar-refractivity contribution in [3.8, 4) is 0 Å². The fourth-order valence-electron chi connectivity index (χ4n) is 2.61. The number of halogens is 2. The van der Waals surface area contributed by atoms with Crippen molar-refractivity contribution in [1.29, 1.82) is 0 Å². The number of nitrogens with zero attached hydrogens (tertiary/aromatic N) is 3. The number of esters is 1. The van der Waals surface area contributed by atoms with Crippen LogP contribution in [0.1, 0.15) is 19.3 Å². The first-order valence-corrected chi connectivity index (χ1v) is 10.2. The SMILES string of the molecule is COC(=O)CSc1cc(N=c2sc(=O)n3n2CCCCC3)c(F)cc1Cl. The Labute approximate surface area is 162 Å². The van der Waals surface area contributed by atoms with Crippen molar-refractivity contribution in [2.24, 2.45) is 4.99 Å². The first kappa shape index (κ1) is 19.2. The molecule has 1 aliphatic rings. The van der Waals surface area contributed by atoms with E-state index in [2.05, 4.69) is 9.73 Å². The molecule has 0 saturated carbocycles. The summed E-state index contributed by atoms with van der Waals surface area (Å²) < 4.78 is 22.4. The molecule has 140 valence electrons. The molecule has 0 spiro atoms. The molecule has 0 unspecified atom stereocenters. The van der Waals surface area contributed by atoms with Gasteiger partial charge < -0.3 is 4.74 Å². The smallest absolute Gasteiger partial charge is 0.325 e. The lowest BCUT2D eigenvalue weighted by Crippen LogP contribution is -2.25. The average Bonchev–Trinajstić information content (AvgIpc) is 2.79. The lowest BCUT2D eigenvalue weighted by atomic mass is 10.2. The number of ether oxygens (including phenoxy) is 1. The van der Waals surface area contributed by atoms with Crippen LogP contribution in [0.3, 0.4) is 0 Å². The van der Waals surface area contributed by atoms with Crippen LogP contribution in [0.25, 0.3) is 0 Å². The molecule has 1 aromatic carbocycles. The minimum absolute atomic E-state index is 0.0605.